The molecule has 0 N–H and O–H groups in total. The lowest BCUT2D eigenvalue weighted by Gasteiger charge is -2.36. The summed E-state index contributed by atoms with van der Waals surface area (Å²) in [6, 6.07) is 83.8. The van der Waals surface area contributed by atoms with E-state index in [-0.39, 0.29) is 0 Å². The lowest BCUT2D eigenvalue weighted by atomic mass is 9.67. The van der Waals surface area contributed by atoms with Crippen molar-refractivity contribution in [3.05, 3.63) is 259 Å². The number of para-hydroxylation sites is 1. The molecular weight excluding hydrogens is 715 g/mol. The maximum absolute atomic E-state index is 5.97. The molecule has 0 spiro atoms. The molecule has 1 aliphatic rings. The number of nitrogens with zero attached hydrogens (tertiary/aromatic N) is 1. The third-order valence-corrected chi connectivity index (χ3v) is 12.0. The van der Waals surface area contributed by atoms with Gasteiger partial charge >= 0.3 is 0 Å². The van der Waals surface area contributed by atoms with Crippen LogP contribution in [0.1, 0.15) is 22.3 Å². The number of fused-ring (bicyclic) bond motifs is 4. The van der Waals surface area contributed by atoms with Crippen LogP contribution in [0.4, 0.5) is 17.1 Å². The van der Waals surface area contributed by atoms with E-state index in [1.807, 2.05) is 6.07 Å². The van der Waals surface area contributed by atoms with E-state index in [1.165, 1.54) is 50.1 Å². The Labute approximate surface area is 344 Å². The summed E-state index contributed by atoms with van der Waals surface area (Å²) in [5, 5.41) is 1.10. The van der Waals surface area contributed by atoms with E-state index in [2.05, 4.69) is 229 Å². The lowest BCUT2D eigenvalue weighted by molar-refractivity contribution is 0.617. The van der Waals surface area contributed by atoms with Crippen molar-refractivity contribution in [2.45, 2.75) is 5.41 Å². The number of benzene rings is 9. The van der Waals surface area contributed by atoms with E-state index < -0.39 is 5.41 Å². The predicted octanol–water partition coefficient (Wildman–Crippen LogP) is 15.3. The molecule has 2 nitrogen and oxygen atoms in total. The van der Waals surface area contributed by atoms with Crippen molar-refractivity contribution >= 4 is 28.0 Å². The quantitative estimate of drug-likeness (QED) is 0.154. The second kappa shape index (κ2) is 14.4. The Morgan fingerprint density at radius 2 is 0.831 bits per heavy atom. The number of rotatable bonds is 8. The van der Waals surface area contributed by atoms with Crippen LogP contribution in [0.3, 0.4) is 0 Å². The summed E-state index contributed by atoms with van der Waals surface area (Å²) in [6.45, 7) is 0. The molecule has 59 heavy (non-hydrogen) atoms. The Hall–Kier alpha value is -7.68. The third kappa shape index (κ3) is 5.80. The van der Waals surface area contributed by atoms with Gasteiger partial charge in [0, 0.05) is 28.0 Å². The van der Waals surface area contributed by atoms with E-state index in [0.29, 0.717) is 0 Å². The third-order valence-electron chi connectivity index (χ3n) is 12.0. The number of hydrogen-bond donors (Lipinski definition) is 0. The molecule has 0 saturated heterocycles. The molecule has 0 unspecified atom stereocenters. The molecule has 0 saturated carbocycles. The van der Waals surface area contributed by atoms with Crippen LogP contribution in [0.25, 0.3) is 55.5 Å². The second-order valence-electron chi connectivity index (χ2n) is 15.3. The molecule has 0 atom stereocenters. The molecule has 1 heterocycles. The van der Waals surface area contributed by atoms with Crippen LogP contribution in [-0.2, 0) is 5.41 Å². The van der Waals surface area contributed by atoms with Crippen molar-refractivity contribution in [1.82, 2.24) is 0 Å². The van der Waals surface area contributed by atoms with Gasteiger partial charge in [-0.05, 0) is 110 Å². The van der Waals surface area contributed by atoms with E-state index in [4.69, 9.17) is 4.42 Å². The molecule has 0 amide bonds. The number of anilines is 3. The first-order valence-corrected chi connectivity index (χ1v) is 20.2. The first kappa shape index (κ1) is 34.6. The summed E-state index contributed by atoms with van der Waals surface area (Å²) in [7, 11) is 0. The summed E-state index contributed by atoms with van der Waals surface area (Å²) in [6.07, 6.45) is 1.77. The highest BCUT2D eigenvalue weighted by molar-refractivity contribution is 5.93. The van der Waals surface area contributed by atoms with Crippen LogP contribution < -0.4 is 4.90 Å². The molecule has 0 aliphatic heterocycles. The summed E-state index contributed by atoms with van der Waals surface area (Å²) < 4.78 is 5.97. The molecule has 2 heteroatoms. The normalized spacial score (nSPS) is 12.5. The van der Waals surface area contributed by atoms with Gasteiger partial charge in [0.25, 0.3) is 0 Å². The summed E-state index contributed by atoms with van der Waals surface area (Å²) in [5.74, 6) is 0. The lowest BCUT2D eigenvalue weighted by Crippen LogP contribution is -2.29. The predicted molar refractivity (Wildman–Crippen MR) is 245 cm³/mol. The highest BCUT2D eigenvalue weighted by atomic mass is 16.3. The van der Waals surface area contributed by atoms with Gasteiger partial charge < -0.3 is 9.32 Å². The monoisotopic (exact) mass is 753 g/mol. The van der Waals surface area contributed by atoms with Gasteiger partial charge in [0.2, 0.25) is 0 Å². The molecule has 0 radical (unpaired) electrons. The zero-order valence-corrected chi connectivity index (χ0v) is 32.4. The van der Waals surface area contributed by atoms with Crippen molar-refractivity contribution in [2.24, 2.45) is 0 Å². The minimum Gasteiger partial charge on any atom is -0.464 e. The molecule has 278 valence electrons. The van der Waals surface area contributed by atoms with Gasteiger partial charge in [0.05, 0.1) is 11.7 Å². The molecule has 11 rings (SSSR count). The van der Waals surface area contributed by atoms with Crippen molar-refractivity contribution in [1.29, 1.82) is 0 Å². The largest absolute Gasteiger partial charge is 0.464 e. The minimum absolute atomic E-state index is 0.567. The van der Waals surface area contributed by atoms with E-state index in [0.717, 1.165) is 44.7 Å². The Bertz CT molecular complexity index is 3030. The smallest absolute Gasteiger partial charge is 0.141 e. The summed E-state index contributed by atoms with van der Waals surface area (Å²) in [5.41, 5.74) is 18.0. The van der Waals surface area contributed by atoms with Crippen molar-refractivity contribution in [3.8, 4) is 44.5 Å². The van der Waals surface area contributed by atoms with Gasteiger partial charge in [0.1, 0.15) is 5.58 Å². The van der Waals surface area contributed by atoms with Gasteiger partial charge in [-0.1, -0.05) is 182 Å². The average Bonchev–Trinajstić information content (AvgIpc) is 3.92. The minimum atomic E-state index is -0.567. The van der Waals surface area contributed by atoms with Crippen molar-refractivity contribution in [2.75, 3.05) is 4.90 Å². The molecule has 1 aromatic heterocycles. The van der Waals surface area contributed by atoms with Crippen LogP contribution in [0, 0.1) is 0 Å². The standard InChI is InChI=1S/C57H39NO/c1-4-15-40(16-5-1)42-27-31-48(32-28-42)58(49-33-29-43(30-34-49)51-24-14-19-44-35-36-59-56(44)51)50-38-45(41-17-6-2-7-18-41)37-47(39-50)57(46-20-8-3-9-21-46)54-25-12-10-22-52(54)53-23-11-13-26-55(53)57/h1-39H. The Morgan fingerprint density at radius 3 is 1.46 bits per heavy atom. The molecule has 10 aromatic rings. The van der Waals surface area contributed by atoms with Gasteiger partial charge in [-0.2, -0.15) is 0 Å². The first-order chi connectivity index (χ1) is 29.3. The molecule has 9 aromatic carbocycles. The van der Waals surface area contributed by atoms with E-state index in [1.54, 1.807) is 6.26 Å². The Morgan fingerprint density at radius 1 is 0.322 bits per heavy atom. The van der Waals surface area contributed by atoms with Crippen LogP contribution >= 0.6 is 0 Å². The topological polar surface area (TPSA) is 16.4 Å². The van der Waals surface area contributed by atoms with Crippen LogP contribution in [0.5, 0.6) is 0 Å². The van der Waals surface area contributed by atoms with E-state index >= 15 is 0 Å². The van der Waals surface area contributed by atoms with Gasteiger partial charge in [0.15, 0.2) is 0 Å². The number of furan rings is 1. The highest BCUT2D eigenvalue weighted by Gasteiger charge is 2.46. The second-order valence-corrected chi connectivity index (χ2v) is 15.3. The van der Waals surface area contributed by atoms with Crippen LogP contribution in [0.2, 0.25) is 0 Å². The average molecular weight is 754 g/mol. The maximum Gasteiger partial charge on any atom is 0.141 e. The SMILES string of the molecule is c1ccc(-c2ccc(N(c3ccc(-c4cccc5ccoc45)cc3)c3cc(-c4ccccc4)cc(C4(c5ccccc5)c5ccccc5-c5ccccc54)c3)cc2)cc1. The van der Waals surface area contributed by atoms with Gasteiger partial charge in [-0.3, -0.25) is 0 Å². The van der Waals surface area contributed by atoms with Gasteiger partial charge in [-0.15, -0.1) is 0 Å². The molecule has 0 fully saturated rings. The fourth-order valence-electron chi connectivity index (χ4n) is 9.36. The number of hydrogen-bond acceptors (Lipinski definition) is 2. The fourth-order valence-corrected chi connectivity index (χ4v) is 9.36. The highest BCUT2D eigenvalue weighted by Crippen LogP contribution is 2.57. The zero-order valence-electron chi connectivity index (χ0n) is 32.4. The molecule has 1 aliphatic carbocycles. The fraction of sp³-hybridized carbons (Fsp3) is 0.0175. The molecular formula is C57H39NO. The Balaban J connectivity index is 1.17. The van der Waals surface area contributed by atoms with Crippen LogP contribution in [-0.4, -0.2) is 0 Å². The summed E-state index contributed by atoms with van der Waals surface area (Å²) >= 11 is 0. The van der Waals surface area contributed by atoms with Crippen LogP contribution in [0.15, 0.2) is 241 Å². The van der Waals surface area contributed by atoms with Gasteiger partial charge in [-0.25, -0.2) is 0 Å². The first-order valence-electron chi connectivity index (χ1n) is 20.2. The maximum atomic E-state index is 5.97. The van der Waals surface area contributed by atoms with Crippen molar-refractivity contribution in [3.63, 3.8) is 0 Å². The zero-order chi connectivity index (χ0) is 39.2. The van der Waals surface area contributed by atoms with E-state index in [9.17, 15) is 0 Å². The Kier molecular flexibility index (Phi) is 8.41. The summed E-state index contributed by atoms with van der Waals surface area (Å²) in [4.78, 5) is 2.41. The molecule has 0 bridgehead atoms. The van der Waals surface area contributed by atoms with Crippen molar-refractivity contribution < 1.29 is 4.42 Å².